The van der Waals surface area contributed by atoms with E-state index in [9.17, 15) is 0 Å². The van der Waals surface area contributed by atoms with E-state index in [0.29, 0.717) is 5.41 Å². The monoisotopic (exact) mass is 283 g/mol. The normalized spacial score (nSPS) is 16.6. The van der Waals surface area contributed by atoms with E-state index in [1.165, 1.54) is 21.7 Å². The molecule has 1 nitrogen and oxygen atoms in total. The molecule has 0 unspecified atom stereocenters. The van der Waals surface area contributed by atoms with Gasteiger partial charge in [-0.3, -0.25) is 0 Å². The number of nitriles is 1. The zero-order valence-corrected chi connectivity index (χ0v) is 13.7. The fourth-order valence-electron chi connectivity index (χ4n) is 1.79. The van der Waals surface area contributed by atoms with Crippen LogP contribution in [0.2, 0.25) is 0 Å². The van der Waals surface area contributed by atoms with Crippen molar-refractivity contribution in [1.82, 2.24) is 0 Å². The van der Waals surface area contributed by atoms with Crippen LogP contribution in [0.3, 0.4) is 0 Å². The Morgan fingerprint density at radius 2 is 1.68 bits per heavy atom. The van der Waals surface area contributed by atoms with Gasteiger partial charge in [0.1, 0.15) is 0 Å². The molecule has 1 saturated heterocycles. The van der Waals surface area contributed by atoms with Gasteiger partial charge in [0.15, 0.2) is 0 Å². The Bertz CT molecular complexity index is 437. The van der Waals surface area contributed by atoms with Crippen LogP contribution in [0.4, 0.5) is 0 Å². The fraction of sp³-hybridized carbons (Fsp3) is 0.467. The number of hydrogen-bond donors (Lipinski definition) is 0. The summed E-state index contributed by atoms with van der Waals surface area (Å²) < 4.78 is 1.40. The standard InChI is InChI=1S/C15H18NS2.Li/c1-15(2,3)13-9-17-14(18-10-13)12-6-4-11(8-16)5-7-12;/h4-7,13H,9-10H2,1-3H3;/q-1;+1. The van der Waals surface area contributed by atoms with Gasteiger partial charge < -0.3 is 0 Å². The third-order valence-electron chi connectivity index (χ3n) is 3.31. The molecule has 0 spiro atoms. The molecule has 2 rings (SSSR count). The smallest absolute Gasteiger partial charge is 0.193 e. The molecule has 0 bridgehead atoms. The first-order chi connectivity index (χ1) is 8.50. The zero-order chi connectivity index (χ0) is 13.2. The number of thioether (sulfide) groups is 2. The summed E-state index contributed by atoms with van der Waals surface area (Å²) in [6.07, 6.45) is 0. The minimum Gasteiger partial charge on any atom is -0.193 e. The van der Waals surface area contributed by atoms with Crippen molar-refractivity contribution in [2.75, 3.05) is 11.5 Å². The molecule has 4 heteroatoms. The molecule has 0 saturated carbocycles. The first-order valence-electron chi connectivity index (χ1n) is 6.14. The summed E-state index contributed by atoms with van der Waals surface area (Å²) in [7, 11) is 0. The van der Waals surface area contributed by atoms with Crippen LogP contribution in [0, 0.1) is 27.2 Å². The van der Waals surface area contributed by atoms with E-state index >= 15 is 0 Å². The Morgan fingerprint density at radius 3 is 2.11 bits per heavy atom. The molecule has 1 aromatic carbocycles. The number of benzene rings is 1. The predicted molar refractivity (Wildman–Crippen MR) is 81.4 cm³/mol. The van der Waals surface area contributed by atoms with E-state index in [0.717, 1.165) is 11.5 Å². The average molecular weight is 283 g/mol. The van der Waals surface area contributed by atoms with Gasteiger partial charge in [-0.05, 0) is 22.8 Å². The molecule has 19 heavy (non-hydrogen) atoms. The van der Waals surface area contributed by atoms with E-state index in [-0.39, 0.29) is 18.9 Å². The molecule has 1 heterocycles. The molecule has 0 amide bonds. The van der Waals surface area contributed by atoms with Crippen LogP contribution in [-0.2, 0) is 0 Å². The zero-order valence-electron chi connectivity index (χ0n) is 12.1. The maximum Gasteiger partial charge on any atom is 1.00 e. The Kier molecular flexibility index (Phi) is 6.28. The van der Waals surface area contributed by atoms with Gasteiger partial charge in [0.2, 0.25) is 0 Å². The summed E-state index contributed by atoms with van der Waals surface area (Å²) in [5, 5.41) is 8.80. The van der Waals surface area contributed by atoms with E-state index in [4.69, 9.17) is 5.26 Å². The van der Waals surface area contributed by atoms with Crippen molar-refractivity contribution in [3.63, 3.8) is 0 Å². The average Bonchev–Trinajstić information content (AvgIpc) is 2.38. The van der Waals surface area contributed by atoms with Crippen molar-refractivity contribution in [2.24, 2.45) is 11.3 Å². The Labute approximate surface area is 137 Å². The summed E-state index contributed by atoms with van der Waals surface area (Å²) in [6, 6.07) is 10.1. The van der Waals surface area contributed by atoms with Crippen LogP contribution in [0.25, 0.3) is 0 Å². The number of rotatable bonds is 1. The largest absolute Gasteiger partial charge is 1.00 e. The number of nitrogens with zero attached hydrogens (tertiary/aromatic N) is 1. The van der Waals surface area contributed by atoms with Crippen LogP contribution < -0.4 is 18.9 Å². The van der Waals surface area contributed by atoms with Crippen LogP contribution in [-0.4, -0.2) is 11.5 Å². The first kappa shape index (κ1) is 16.9. The van der Waals surface area contributed by atoms with Gasteiger partial charge in [0, 0.05) is 5.56 Å². The van der Waals surface area contributed by atoms with Crippen molar-refractivity contribution in [1.29, 1.82) is 5.26 Å². The molecule has 96 valence electrons. The minimum absolute atomic E-state index is 0. The van der Waals surface area contributed by atoms with Gasteiger partial charge in [-0.15, -0.1) is 12.1 Å². The third kappa shape index (κ3) is 4.44. The molecular weight excluding hydrogens is 265 g/mol. The molecule has 0 aromatic heterocycles. The van der Waals surface area contributed by atoms with E-state index in [2.05, 4.69) is 39.0 Å². The molecule has 1 fully saturated rings. The van der Waals surface area contributed by atoms with Gasteiger partial charge in [-0.1, -0.05) is 25.4 Å². The van der Waals surface area contributed by atoms with Crippen molar-refractivity contribution in [2.45, 2.75) is 20.8 Å². The Balaban J connectivity index is 0.00000180. The molecule has 0 N–H and O–H groups in total. The maximum atomic E-state index is 8.80. The molecular formula is C15H18LiNS2. The predicted octanol–water partition coefficient (Wildman–Crippen LogP) is 1.54. The van der Waals surface area contributed by atoms with Gasteiger partial charge in [0.25, 0.3) is 0 Å². The number of hydrogen-bond acceptors (Lipinski definition) is 3. The van der Waals surface area contributed by atoms with E-state index in [1.807, 2.05) is 35.7 Å². The van der Waals surface area contributed by atoms with Crippen molar-refractivity contribution >= 4 is 23.5 Å². The second kappa shape index (κ2) is 7.05. The summed E-state index contributed by atoms with van der Waals surface area (Å²) in [5.74, 6) is 3.17. The van der Waals surface area contributed by atoms with Crippen molar-refractivity contribution in [3.8, 4) is 6.07 Å². The molecule has 1 aliphatic rings. The second-order valence-corrected chi connectivity index (χ2v) is 7.98. The van der Waals surface area contributed by atoms with Gasteiger partial charge >= 0.3 is 18.9 Å². The summed E-state index contributed by atoms with van der Waals surface area (Å²) in [6.45, 7) is 6.97. The topological polar surface area (TPSA) is 23.8 Å². The Hall–Kier alpha value is -0.123. The Morgan fingerprint density at radius 1 is 1.16 bits per heavy atom. The van der Waals surface area contributed by atoms with Gasteiger partial charge in [0.05, 0.1) is 6.07 Å². The quantitative estimate of drug-likeness (QED) is 0.577. The van der Waals surface area contributed by atoms with Gasteiger partial charge in [-0.25, -0.2) is 0 Å². The van der Waals surface area contributed by atoms with Crippen LogP contribution >= 0.6 is 23.5 Å². The molecule has 1 aromatic rings. The molecule has 0 atom stereocenters. The molecule has 1 aliphatic heterocycles. The molecule has 0 aliphatic carbocycles. The van der Waals surface area contributed by atoms with Crippen LogP contribution in [0.1, 0.15) is 31.9 Å². The summed E-state index contributed by atoms with van der Waals surface area (Å²) in [5.41, 5.74) is 2.39. The summed E-state index contributed by atoms with van der Waals surface area (Å²) in [4.78, 5) is 0. The minimum atomic E-state index is 0. The maximum absolute atomic E-state index is 8.80. The fourth-order valence-corrected chi connectivity index (χ4v) is 5.23. The van der Waals surface area contributed by atoms with Crippen molar-refractivity contribution < 1.29 is 18.9 Å². The van der Waals surface area contributed by atoms with Crippen molar-refractivity contribution in [3.05, 3.63) is 40.0 Å². The first-order valence-corrected chi connectivity index (χ1v) is 8.11. The van der Waals surface area contributed by atoms with E-state index < -0.39 is 0 Å². The summed E-state index contributed by atoms with van der Waals surface area (Å²) >= 11 is 3.92. The SMILES string of the molecule is CC(C)(C)C1CS[C-](c2ccc(C#N)cc2)SC1.[Li+]. The van der Waals surface area contributed by atoms with Gasteiger partial charge in [-0.2, -0.15) is 46.5 Å². The third-order valence-corrected chi connectivity index (χ3v) is 6.15. The molecule has 0 radical (unpaired) electrons. The van der Waals surface area contributed by atoms with Crippen LogP contribution in [0.15, 0.2) is 24.3 Å². The van der Waals surface area contributed by atoms with Crippen LogP contribution in [0.5, 0.6) is 0 Å². The second-order valence-electron chi connectivity index (χ2n) is 5.66. The van der Waals surface area contributed by atoms with E-state index in [1.54, 1.807) is 0 Å².